The van der Waals surface area contributed by atoms with Gasteiger partial charge in [0.1, 0.15) is 0 Å². The van der Waals surface area contributed by atoms with E-state index in [0.717, 1.165) is 18.4 Å². The first kappa shape index (κ1) is 17.2. The van der Waals surface area contributed by atoms with Crippen LogP contribution >= 0.6 is 11.6 Å². The quantitative estimate of drug-likeness (QED) is 0.871. The topological polar surface area (TPSA) is 83.5 Å². The van der Waals surface area contributed by atoms with Crippen molar-refractivity contribution in [2.75, 3.05) is 11.6 Å². The van der Waals surface area contributed by atoms with E-state index in [0.29, 0.717) is 6.07 Å². The fraction of sp³-hybridized carbons (Fsp3) is 0.0714. The van der Waals surface area contributed by atoms with Crippen molar-refractivity contribution in [3.05, 3.63) is 52.6 Å². The molecule has 2 aromatic rings. The van der Waals surface area contributed by atoms with Crippen LogP contribution in [0, 0.1) is 11.6 Å². The monoisotopic (exact) mass is 361 g/mol. The summed E-state index contributed by atoms with van der Waals surface area (Å²) in [7, 11) is -3.49. The van der Waals surface area contributed by atoms with Gasteiger partial charge in [-0.3, -0.25) is 0 Å². The van der Waals surface area contributed by atoms with Crippen LogP contribution in [0.5, 0.6) is 0 Å². The SMILES string of the molecule is CS(=O)(=O)c1ccc(Nc2c(C(=O)O)ccc(F)c2F)c(Cl)c1. The maximum atomic E-state index is 13.9. The van der Waals surface area contributed by atoms with E-state index in [2.05, 4.69) is 5.32 Å². The third-order valence-corrected chi connectivity index (χ3v) is 4.38. The first-order valence-corrected chi connectivity index (χ1v) is 8.36. The molecule has 0 amide bonds. The number of aromatic carboxylic acids is 1. The molecule has 0 atom stereocenters. The molecule has 0 unspecified atom stereocenters. The predicted molar refractivity (Wildman–Crippen MR) is 81.2 cm³/mol. The van der Waals surface area contributed by atoms with Gasteiger partial charge in [0.25, 0.3) is 0 Å². The second-order valence-corrected chi connectivity index (χ2v) is 7.05. The third-order valence-electron chi connectivity index (χ3n) is 2.95. The summed E-state index contributed by atoms with van der Waals surface area (Å²) in [5.74, 6) is -4.08. The number of carboxylic acid groups (broad SMARTS) is 1. The molecule has 122 valence electrons. The molecule has 0 bridgehead atoms. The Balaban J connectivity index is 2.52. The van der Waals surface area contributed by atoms with Gasteiger partial charge in [-0.05, 0) is 30.3 Å². The van der Waals surface area contributed by atoms with Gasteiger partial charge < -0.3 is 10.4 Å². The van der Waals surface area contributed by atoms with Crippen molar-refractivity contribution in [3.8, 4) is 0 Å². The number of hydrogen-bond donors (Lipinski definition) is 2. The Morgan fingerprint density at radius 2 is 1.87 bits per heavy atom. The molecular formula is C14H10ClF2NO4S. The Kier molecular flexibility index (Phi) is 4.58. The minimum Gasteiger partial charge on any atom is -0.478 e. The molecule has 0 aliphatic heterocycles. The van der Waals surface area contributed by atoms with Crippen molar-refractivity contribution in [3.63, 3.8) is 0 Å². The van der Waals surface area contributed by atoms with Crippen molar-refractivity contribution in [2.24, 2.45) is 0 Å². The van der Waals surface area contributed by atoms with Crippen LogP contribution in [0.2, 0.25) is 5.02 Å². The van der Waals surface area contributed by atoms with Crippen molar-refractivity contribution >= 4 is 38.8 Å². The van der Waals surface area contributed by atoms with Crippen molar-refractivity contribution in [1.29, 1.82) is 0 Å². The highest BCUT2D eigenvalue weighted by atomic mass is 35.5. The number of anilines is 2. The van der Waals surface area contributed by atoms with Gasteiger partial charge in [-0.2, -0.15) is 0 Å². The lowest BCUT2D eigenvalue weighted by atomic mass is 10.1. The lowest BCUT2D eigenvalue weighted by Crippen LogP contribution is -2.07. The van der Waals surface area contributed by atoms with E-state index in [4.69, 9.17) is 16.7 Å². The number of sulfone groups is 1. The third kappa shape index (κ3) is 3.59. The molecule has 0 heterocycles. The Morgan fingerprint density at radius 3 is 2.39 bits per heavy atom. The van der Waals surface area contributed by atoms with Crippen LogP contribution in [0.15, 0.2) is 35.2 Å². The van der Waals surface area contributed by atoms with Gasteiger partial charge in [-0.25, -0.2) is 22.0 Å². The van der Waals surface area contributed by atoms with Gasteiger partial charge in [0.05, 0.1) is 26.9 Å². The minimum atomic E-state index is -3.49. The number of nitrogens with one attached hydrogen (secondary N) is 1. The highest BCUT2D eigenvalue weighted by molar-refractivity contribution is 7.90. The fourth-order valence-electron chi connectivity index (χ4n) is 1.81. The molecule has 0 radical (unpaired) electrons. The van der Waals surface area contributed by atoms with E-state index in [-0.39, 0.29) is 15.6 Å². The zero-order valence-corrected chi connectivity index (χ0v) is 13.2. The predicted octanol–water partition coefficient (Wildman–Crippen LogP) is 3.46. The van der Waals surface area contributed by atoms with E-state index >= 15 is 0 Å². The first-order valence-electron chi connectivity index (χ1n) is 6.09. The summed E-state index contributed by atoms with van der Waals surface area (Å²) in [5, 5.41) is 11.3. The van der Waals surface area contributed by atoms with E-state index in [1.54, 1.807) is 0 Å². The number of carbonyl (C=O) groups is 1. The van der Waals surface area contributed by atoms with Gasteiger partial charge in [-0.15, -0.1) is 0 Å². The molecule has 23 heavy (non-hydrogen) atoms. The van der Waals surface area contributed by atoms with Crippen molar-refractivity contribution in [2.45, 2.75) is 4.90 Å². The molecular weight excluding hydrogens is 352 g/mol. The molecule has 0 aliphatic rings. The Bertz CT molecular complexity index is 900. The minimum absolute atomic E-state index is 0.0334. The average Bonchev–Trinajstić information content (AvgIpc) is 2.44. The molecule has 0 aromatic heterocycles. The summed E-state index contributed by atoms with van der Waals surface area (Å²) >= 11 is 5.92. The first-order chi connectivity index (χ1) is 10.6. The molecule has 9 heteroatoms. The molecule has 0 fully saturated rings. The molecule has 2 aromatic carbocycles. The zero-order chi connectivity index (χ0) is 17.4. The van der Waals surface area contributed by atoms with Gasteiger partial charge >= 0.3 is 5.97 Å². The van der Waals surface area contributed by atoms with E-state index in [1.165, 1.54) is 12.1 Å². The Hall–Kier alpha value is -2.19. The van der Waals surface area contributed by atoms with Crippen LogP contribution in [0.1, 0.15) is 10.4 Å². The number of rotatable bonds is 4. The second-order valence-electron chi connectivity index (χ2n) is 4.63. The summed E-state index contributed by atoms with van der Waals surface area (Å²) in [6.45, 7) is 0. The van der Waals surface area contributed by atoms with Crippen LogP contribution < -0.4 is 5.32 Å². The van der Waals surface area contributed by atoms with E-state index in [9.17, 15) is 22.0 Å². The van der Waals surface area contributed by atoms with E-state index < -0.39 is 38.7 Å². The Labute approximate surface area is 135 Å². The van der Waals surface area contributed by atoms with Crippen LogP contribution in [-0.4, -0.2) is 25.7 Å². The van der Waals surface area contributed by atoms with Crippen LogP contribution in [0.25, 0.3) is 0 Å². The van der Waals surface area contributed by atoms with Gasteiger partial charge in [-0.1, -0.05) is 11.6 Å². The molecule has 0 aliphatic carbocycles. The van der Waals surface area contributed by atoms with Gasteiger partial charge in [0.15, 0.2) is 21.5 Å². The normalized spacial score (nSPS) is 11.3. The summed E-state index contributed by atoms with van der Waals surface area (Å²) < 4.78 is 50.1. The summed E-state index contributed by atoms with van der Waals surface area (Å²) in [5.41, 5.74) is -1.07. The fourth-order valence-corrected chi connectivity index (χ4v) is 2.75. The molecule has 2 N–H and O–H groups in total. The molecule has 2 rings (SSSR count). The Morgan fingerprint density at radius 1 is 1.22 bits per heavy atom. The van der Waals surface area contributed by atoms with Crippen LogP contribution in [0.3, 0.4) is 0 Å². The maximum Gasteiger partial charge on any atom is 0.337 e. The number of carboxylic acids is 1. The smallest absolute Gasteiger partial charge is 0.337 e. The number of halogens is 3. The lowest BCUT2D eigenvalue weighted by Gasteiger charge is -2.13. The maximum absolute atomic E-state index is 13.9. The van der Waals surface area contributed by atoms with Crippen molar-refractivity contribution < 1.29 is 27.1 Å². The second kappa shape index (κ2) is 6.13. The molecule has 0 saturated carbocycles. The summed E-state index contributed by atoms with van der Waals surface area (Å²) in [4.78, 5) is 11.0. The van der Waals surface area contributed by atoms with Gasteiger partial charge in [0, 0.05) is 6.26 Å². The highest BCUT2D eigenvalue weighted by Gasteiger charge is 2.19. The molecule has 0 spiro atoms. The van der Waals surface area contributed by atoms with Crippen LogP contribution in [-0.2, 0) is 9.84 Å². The van der Waals surface area contributed by atoms with E-state index in [1.807, 2.05) is 0 Å². The van der Waals surface area contributed by atoms with Crippen LogP contribution in [0.4, 0.5) is 20.2 Å². The lowest BCUT2D eigenvalue weighted by molar-refractivity contribution is 0.0697. The average molecular weight is 362 g/mol. The summed E-state index contributed by atoms with van der Waals surface area (Å²) in [6, 6.07) is 5.16. The van der Waals surface area contributed by atoms with Crippen molar-refractivity contribution in [1.82, 2.24) is 0 Å². The number of hydrogen-bond acceptors (Lipinski definition) is 4. The molecule has 0 saturated heterocycles. The number of benzene rings is 2. The highest BCUT2D eigenvalue weighted by Crippen LogP contribution is 2.31. The standard InChI is InChI=1S/C14H10ClF2NO4S/c1-23(21,22)7-2-5-11(9(15)6-7)18-13-8(14(19)20)3-4-10(16)12(13)17/h2-6,18H,1H3,(H,19,20). The summed E-state index contributed by atoms with van der Waals surface area (Å²) in [6.07, 6.45) is 0.987. The largest absolute Gasteiger partial charge is 0.478 e. The molecule has 5 nitrogen and oxygen atoms in total. The zero-order valence-electron chi connectivity index (χ0n) is 11.6. The van der Waals surface area contributed by atoms with Gasteiger partial charge in [0.2, 0.25) is 0 Å².